The number of fused-ring (bicyclic) bond motifs is 1. The minimum atomic E-state index is -0.0134. The third-order valence-electron chi connectivity index (χ3n) is 4.18. The normalized spacial score (nSPS) is 12.4. The molecule has 1 amide bonds. The molecule has 0 aliphatic carbocycles. The Kier molecular flexibility index (Phi) is 4.11. The van der Waals surface area contributed by atoms with Crippen molar-refractivity contribution in [1.29, 1.82) is 0 Å². The Morgan fingerprint density at radius 2 is 2.16 bits per heavy atom. The molecule has 0 unspecified atom stereocenters. The minimum absolute atomic E-state index is 0.000574. The van der Waals surface area contributed by atoms with Gasteiger partial charge in [0.2, 0.25) is 5.91 Å². The van der Waals surface area contributed by atoms with Crippen molar-refractivity contribution >= 4 is 34.0 Å². The van der Waals surface area contributed by atoms with Crippen LogP contribution in [0.1, 0.15) is 23.9 Å². The molecule has 2 N–H and O–H groups in total. The summed E-state index contributed by atoms with van der Waals surface area (Å²) in [5.74, 6) is 0.851. The van der Waals surface area contributed by atoms with Crippen molar-refractivity contribution in [3.05, 3.63) is 70.9 Å². The number of carbonyl (C=O) groups is 1. The first kappa shape index (κ1) is 15.7. The van der Waals surface area contributed by atoms with Gasteiger partial charge in [-0.05, 0) is 59.6 Å². The second-order valence-corrected chi connectivity index (χ2v) is 6.79. The van der Waals surface area contributed by atoms with E-state index in [1.54, 1.807) is 11.3 Å². The van der Waals surface area contributed by atoms with E-state index in [0.29, 0.717) is 6.42 Å². The van der Waals surface area contributed by atoms with E-state index in [-0.39, 0.29) is 11.9 Å². The van der Waals surface area contributed by atoms with Crippen molar-refractivity contribution < 1.29 is 4.79 Å². The summed E-state index contributed by atoms with van der Waals surface area (Å²) in [6.45, 7) is 1.92. The van der Waals surface area contributed by atoms with E-state index in [2.05, 4.69) is 31.3 Å². The molecule has 0 spiro atoms. The van der Waals surface area contributed by atoms with Crippen molar-refractivity contribution in [3.8, 4) is 0 Å². The second kappa shape index (κ2) is 6.57. The lowest BCUT2D eigenvalue weighted by Crippen LogP contribution is -2.19. The highest BCUT2D eigenvalue weighted by atomic mass is 32.1. The maximum atomic E-state index is 12.6. The third-order valence-corrected chi connectivity index (χ3v) is 4.88. The van der Waals surface area contributed by atoms with Crippen LogP contribution in [0, 0.1) is 6.92 Å². The molecule has 3 heterocycles. The number of hydrogen-bond acceptors (Lipinski definition) is 3. The van der Waals surface area contributed by atoms with E-state index < -0.39 is 0 Å². The standard InChI is InChI=1S/C19H18N4OS/c1-13-20-16-5-4-15(10-17(16)21-13)22-19(24)11-18(14-6-9-25-12-14)23-7-2-3-8-23/h2-10,12,18H,11H2,1H3,(H,20,21)(H,22,24)/t18-/m1/s1. The molecule has 1 atom stereocenters. The van der Waals surface area contributed by atoms with Crippen LogP contribution in [0.4, 0.5) is 5.69 Å². The van der Waals surface area contributed by atoms with Gasteiger partial charge in [-0.3, -0.25) is 4.79 Å². The Hall–Kier alpha value is -2.86. The van der Waals surface area contributed by atoms with Crippen LogP contribution in [0.5, 0.6) is 0 Å². The lowest BCUT2D eigenvalue weighted by Gasteiger charge is -2.18. The predicted molar refractivity (Wildman–Crippen MR) is 101 cm³/mol. The molecule has 0 saturated heterocycles. The number of nitrogens with zero attached hydrogens (tertiary/aromatic N) is 2. The molecule has 6 heteroatoms. The summed E-state index contributed by atoms with van der Waals surface area (Å²) in [7, 11) is 0. The highest BCUT2D eigenvalue weighted by molar-refractivity contribution is 7.08. The number of imidazole rings is 1. The number of amides is 1. The summed E-state index contributed by atoms with van der Waals surface area (Å²) in [6.07, 6.45) is 4.37. The molecule has 0 radical (unpaired) electrons. The van der Waals surface area contributed by atoms with Gasteiger partial charge in [-0.15, -0.1) is 0 Å². The summed E-state index contributed by atoms with van der Waals surface area (Å²) >= 11 is 1.64. The summed E-state index contributed by atoms with van der Waals surface area (Å²) in [6, 6.07) is 11.7. The van der Waals surface area contributed by atoms with Crippen LogP contribution in [0.25, 0.3) is 11.0 Å². The molecule has 0 fully saturated rings. The van der Waals surface area contributed by atoms with Crippen LogP contribution in [0.15, 0.2) is 59.6 Å². The highest BCUT2D eigenvalue weighted by Gasteiger charge is 2.18. The van der Waals surface area contributed by atoms with Gasteiger partial charge in [-0.25, -0.2) is 4.98 Å². The first-order chi connectivity index (χ1) is 12.2. The Bertz CT molecular complexity index is 952. The summed E-state index contributed by atoms with van der Waals surface area (Å²) in [4.78, 5) is 20.2. The largest absolute Gasteiger partial charge is 0.346 e. The second-order valence-electron chi connectivity index (χ2n) is 6.01. The van der Waals surface area contributed by atoms with Gasteiger partial charge in [0.25, 0.3) is 0 Å². The van der Waals surface area contributed by atoms with Gasteiger partial charge in [0.05, 0.1) is 23.5 Å². The van der Waals surface area contributed by atoms with Crippen LogP contribution in [0.3, 0.4) is 0 Å². The zero-order valence-electron chi connectivity index (χ0n) is 13.8. The fourth-order valence-corrected chi connectivity index (χ4v) is 3.73. The predicted octanol–water partition coefficient (Wildman–Crippen LogP) is 4.35. The van der Waals surface area contributed by atoms with Gasteiger partial charge in [0.1, 0.15) is 5.82 Å². The lowest BCUT2D eigenvalue weighted by molar-refractivity contribution is -0.116. The maximum Gasteiger partial charge on any atom is 0.226 e. The molecule has 0 aliphatic heterocycles. The summed E-state index contributed by atoms with van der Waals surface area (Å²) in [5.41, 5.74) is 3.75. The molecule has 25 heavy (non-hydrogen) atoms. The minimum Gasteiger partial charge on any atom is -0.346 e. The van der Waals surface area contributed by atoms with E-state index >= 15 is 0 Å². The molecule has 4 aromatic rings. The molecular formula is C19H18N4OS. The number of hydrogen-bond donors (Lipinski definition) is 2. The van der Waals surface area contributed by atoms with Crippen molar-refractivity contribution in [2.75, 3.05) is 5.32 Å². The molecular weight excluding hydrogens is 332 g/mol. The van der Waals surface area contributed by atoms with Gasteiger partial charge in [0, 0.05) is 18.1 Å². The number of aromatic amines is 1. The molecule has 0 aliphatic rings. The van der Waals surface area contributed by atoms with Crippen LogP contribution in [0.2, 0.25) is 0 Å². The monoisotopic (exact) mass is 350 g/mol. The van der Waals surface area contributed by atoms with E-state index in [9.17, 15) is 4.79 Å². The van der Waals surface area contributed by atoms with Crippen molar-refractivity contribution in [3.63, 3.8) is 0 Å². The number of rotatable bonds is 5. The van der Waals surface area contributed by atoms with Gasteiger partial charge >= 0.3 is 0 Å². The molecule has 5 nitrogen and oxygen atoms in total. The molecule has 1 aromatic carbocycles. The number of carbonyl (C=O) groups excluding carboxylic acids is 1. The molecule has 3 aromatic heterocycles. The number of aryl methyl sites for hydroxylation is 1. The van der Waals surface area contributed by atoms with Crippen LogP contribution in [-0.2, 0) is 4.79 Å². The first-order valence-corrected chi connectivity index (χ1v) is 9.04. The number of aromatic nitrogens is 3. The topological polar surface area (TPSA) is 62.7 Å². The van der Waals surface area contributed by atoms with Gasteiger partial charge in [0.15, 0.2) is 0 Å². The van der Waals surface area contributed by atoms with Crippen LogP contribution in [-0.4, -0.2) is 20.4 Å². The van der Waals surface area contributed by atoms with Gasteiger partial charge in [-0.2, -0.15) is 11.3 Å². The van der Waals surface area contributed by atoms with Crippen LogP contribution < -0.4 is 5.32 Å². The van der Waals surface area contributed by atoms with Crippen molar-refractivity contribution in [2.45, 2.75) is 19.4 Å². The number of benzene rings is 1. The van der Waals surface area contributed by atoms with Crippen LogP contribution >= 0.6 is 11.3 Å². The van der Waals surface area contributed by atoms with E-state index in [1.165, 1.54) is 0 Å². The van der Waals surface area contributed by atoms with E-state index in [4.69, 9.17) is 0 Å². The quantitative estimate of drug-likeness (QED) is 0.562. The SMILES string of the molecule is Cc1nc2ccc(NC(=O)C[C@H](c3ccsc3)n3cccc3)cc2[nH]1. The van der Waals surface area contributed by atoms with E-state index in [0.717, 1.165) is 28.1 Å². The molecule has 0 bridgehead atoms. The number of anilines is 1. The average molecular weight is 350 g/mol. The lowest BCUT2D eigenvalue weighted by atomic mass is 10.1. The van der Waals surface area contributed by atoms with Gasteiger partial charge in [-0.1, -0.05) is 0 Å². The zero-order chi connectivity index (χ0) is 17.2. The highest BCUT2D eigenvalue weighted by Crippen LogP contribution is 2.25. The summed E-state index contributed by atoms with van der Waals surface area (Å²) < 4.78 is 2.07. The summed E-state index contributed by atoms with van der Waals surface area (Å²) in [5, 5.41) is 7.14. The molecule has 126 valence electrons. The number of thiophene rings is 1. The maximum absolute atomic E-state index is 12.6. The zero-order valence-corrected chi connectivity index (χ0v) is 14.6. The number of nitrogens with one attached hydrogen (secondary N) is 2. The molecule has 4 rings (SSSR count). The fraction of sp³-hybridized carbons (Fsp3) is 0.158. The Morgan fingerprint density at radius 3 is 2.92 bits per heavy atom. The number of H-pyrrole nitrogens is 1. The van der Waals surface area contributed by atoms with Gasteiger partial charge < -0.3 is 14.9 Å². The van der Waals surface area contributed by atoms with Crippen molar-refractivity contribution in [1.82, 2.24) is 14.5 Å². The fourth-order valence-electron chi connectivity index (χ4n) is 3.02. The average Bonchev–Trinajstić information content (AvgIpc) is 3.33. The first-order valence-electron chi connectivity index (χ1n) is 8.10. The third kappa shape index (κ3) is 3.34. The smallest absolute Gasteiger partial charge is 0.226 e. The molecule has 0 saturated carbocycles. The van der Waals surface area contributed by atoms with Crippen molar-refractivity contribution in [2.24, 2.45) is 0 Å². The van der Waals surface area contributed by atoms with E-state index in [1.807, 2.05) is 55.0 Å². The Balaban J connectivity index is 1.53. The Morgan fingerprint density at radius 1 is 1.32 bits per heavy atom. The Labute approximate surface area is 149 Å².